The summed E-state index contributed by atoms with van der Waals surface area (Å²) in [6, 6.07) is 17.9. The van der Waals surface area contributed by atoms with E-state index in [2.05, 4.69) is 22.3 Å². The number of fused-ring (bicyclic) bond motifs is 1. The maximum Gasteiger partial charge on any atom is 0.270 e. The van der Waals surface area contributed by atoms with Gasteiger partial charge in [0, 0.05) is 28.6 Å². The van der Waals surface area contributed by atoms with Gasteiger partial charge in [0.2, 0.25) is 0 Å². The second-order valence-corrected chi connectivity index (χ2v) is 8.39. The minimum Gasteiger partial charge on any atom is -0.489 e. The molecule has 1 aliphatic heterocycles. The van der Waals surface area contributed by atoms with Crippen LogP contribution in [0.5, 0.6) is 5.75 Å². The van der Waals surface area contributed by atoms with Crippen LogP contribution >= 0.6 is 0 Å². The van der Waals surface area contributed by atoms with E-state index >= 15 is 0 Å². The molecular formula is C26H25N3O4. The molecule has 7 nitrogen and oxygen atoms in total. The quantitative estimate of drug-likeness (QED) is 0.429. The fourth-order valence-electron chi connectivity index (χ4n) is 4.60. The predicted octanol–water partition coefficient (Wildman–Crippen LogP) is 4.60. The van der Waals surface area contributed by atoms with E-state index in [-0.39, 0.29) is 6.10 Å². The summed E-state index contributed by atoms with van der Waals surface area (Å²) in [6.45, 7) is 2.45. The number of amides is 1. The van der Waals surface area contributed by atoms with Gasteiger partial charge in [0.25, 0.3) is 5.91 Å². The highest BCUT2D eigenvalue weighted by atomic mass is 16.6. The lowest BCUT2D eigenvalue weighted by Crippen LogP contribution is -2.23. The van der Waals surface area contributed by atoms with E-state index in [1.165, 1.54) is 0 Å². The number of rotatable bonds is 6. The molecule has 1 aliphatic carbocycles. The number of hydrogen-bond donors (Lipinski definition) is 2. The van der Waals surface area contributed by atoms with Crippen molar-refractivity contribution in [1.29, 1.82) is 0 Å². The van der Waals surface area contributed by atoms with Crippen molar-refractivity contribution in [3.63, 3.8) is 0 Å². The number of aryl methyl sites for hydroxylation is 1. The number of hydrogen-bond acceptors (Lipinski definition) is 6. The third kappa shape index (κ3) is 4.32. The highest BCUT2D eigenvalue weighted by Crippen LogP contribution is 2.34. The molecule has 1 unspecified atom stereocenters. The largest absolute Gasteiger partial charge is 0.489 e. The first kappa shape index (κ1) is 21.2. The van der Waals surface area contributed by atoms with Crippen LogP contribution < -0.4 is 10.2 Å². The first-order valence-corrected chi connectivity index (χ1v) is 11.1. The third-order valence-corrected chi connectivity index (χ3v) is 6.21. The molecule has 5 rings (SSSR count). The monoisotopic (exact) mass is 443 g/mol. The molecule has 7 heteroatoms. The van der Waals surface area contributed by atoms with Gasteiger partial charge >= 0.3 is 0 Å². The standard InChI is InChI=1S/C26H25N3O4/c1-16-13-18(20-5-2-3-8-23(20)27-16)15-32-19-11-9-17(10-12-19)24-14-25(33-29-24)21-6-4-7-22(21)26(30)28-31/h2-3,5,8-13,25,31H,4,6-7,14-15H2,1H3,(H,28,30). The Morgan fingerprint density at radius 3 is 2.82 bits per heavy atom. The fraction of sp³-hybridized carbons (Fsp3) is 0.269. The zero-order valence-electron chi connectivity index (χ0n) is 18.4. The number of nitrogens with zero attached hydrogens (tertiary/aromatic N) is 2. The van der Waals surface area contributed by atoms with Crippen LogP contribution in [0.3, 0.4) is 0 Å². The van der Waals surface area contributed by atoms with Gasteiger partial charge in [-0.15, -0.1) is 0 Å². The van der Waals surface area contributed by atoms with Crippen LogP contribution in [0.25, 0.3) is 10.9 Å². The van der Waals surface area contributed by atoms with Gasteiger partial charge in [-0.2, -0.15) is 0 Å². The minimum atomic E-state index is -0.446. The molecule has 0 fully saturated rings. The highest BCUT2D eigenvalue weighted by Gasteiger charge is 2.32. The molecule has 2 heterocycles. The Bertz CT molecular complexity index is 1260. The molecule has 0 radical (unpaired) electrons. The van der Waals surface area contributed by atoms with Crippen molar-refractivity contribution < 1.29 is 19.6 Å². The van der Waals surface area contributed by atoms with Crippen LogP contribution in [-0.2, 0) is 16.2 Å². The maximum absolute atomic E-state index is 11.9. The maximum atomic E-state index is 11.9. The second kappa shape index (κ2) is 9.03. The summed E-state index contributed by atoms with van der Waals surface area (Å²) in [5.74, 6) is 0.326. The lowest BCUT2D eigenvalue weighted by atomic mass is 9.97. The van der Waals surface area contributed by atoms with E-state index in [1.807, 2.05) is 49.4 Å². The zero-order chi connectivity index (χ0) is 22.8. The Morgan fingerprint density at radius 1 is 1.18 bits per heavy atom. The first-order chi connectivity index (χ1) is 16.1. The summed E-state index contributed by atoms with van der Waals surface area (Å²) in [5.41, 5.74) is 8.12. The van der Waals surface area contributed by atoms with Crippen molar-refractivity contribution in [3.8, 4) is 5.75 Å². The zero-order valence-corrected chi connectivity index (χ0v) is 18.4. The van der Waals surface area contributed by atoms with Crippen LogP contribution in [-0.4, -0.2) is 27.9 Å². The van der Waals surface area contributed by atoms with Gasteiger partial charge < -0.3 is 9.57 Å². The molecule has 1 atom stereocenters. The van der Waals surface area contributed by atoms with Gasteiger partial charge in [0.1, 0.15) is 12.4 Å². The number of benzene rings is 2. The number of carbonyl (C=O) groups is 1. The normalized spacial score (nSPS) is 17.8. The van der Waals surface area contributed by atoms with E-state index in [1.54, 1.807) is 5.48 Å². The molecule has 1 amide bonds. The smallest absolute Gasteiger partial charge is 0.270 e. The van der Waals surface area contributed by atoms with Gasteiger partial charge in [0.05, 0.1) is 11.2 Å². The summed E-state index contributed by atoms with van der Waals surface area (Å²) in [6.07, 6.45) is 2.65. The van der Waals surface area contributed by atoms with E-state index in [4.69, 9.17) is 14.8 Å². The number of pyridine rings is 1. The molecule has 3 aromatic rings. The molecule has 2 aliphatic rings. The topological polar surface area (TPSA) is 93.0 Å². The van der Waals surface area contributed by atoms with Gasteiger partial charge in [0.15, 0.2) is 6.10 Å². The Hall–Kier alpha value is -3.71. The van der Waals surface area contributed by atoms with Crippen molar-refractivity contribution in [2.45, 2.75) is 45.3 Å². The number of ether oxygens (including phenoxy) is 1. The van der Waals surface area contributed by atoms with Crippen LogP contribution in [0, 0.1) is 6.92 Å². The summed E-state index contributed by atoms with van der Waals surface area (Å²) in [7, 11) is 0. The average molecular weight is 444 g/mol. The molecule has 2 aromatic carbocycles. The molecule has 1 aromatic heterocycles. The summed E-state index contributed by atoms with van der Waals surface area (Å²) >= 11 is 0. The lowest BCUT2D eigenvalue weighted by Gasteiger charge is -2.12. The Balaban J connectivity index is 1.25. The molecule has 33 heavy (non-hydrogen) atoms. The minimum absolute atomic E-state index is 0.256. The summed E-state index contributed by atoms with van der Waals surface area (Å²) < 4.78 is 6.05. The highest BCUT2D eigenvalue weighted by molar-refractivity contribution is 6.02. The summed E-state index contributed by atoms with van der Waals surface area (Å²) in [4.78, 5) is 22.1. The van der Waals surface area contributed by atoms with Gasteiger partial charge in [-0.25, -0.2) is 5.48 Å². The van der Waals surface area contributed by atoms with Gasteiger partial charge in [-0.05, 0) is 73.7 Å². The van der Waals surface area contributed by atoms with Gasteiger partial charge in [-0.3, -0.25) is 15.0 Å². The second-order valence-electron chi connectivity index (χ2n) is 8.39. The average Bonchev–Trinajstić information content (AvgIpc) is 3.52. The van der Waals surface area contributed by atoms with Gasteiger partial charge in [-0.1, -0.05) is 23.4 Å². The van der Waals surface area contributed by atoms with E-state index in [0.29, 0.717) is 25.0 Å². The Morgan fingerprint density at radius 2 is 2.00 bits per heavy atom. The number of hydroxylamine groups is 1. The summed E-state index contributed by atoms with van der Waals surface area (Å²) in [5, 5.41) is 14.3. The molecule has 2 N–H and O–H groups in total. The van der Waals surface area contributed by atoms with Crippen LogP contribution in [0.4, 0.5) is 0 Å². The Kier molecular flexibility index (Phi) is 5.79. The third-order valence-electron chi connectivity index (χ3n) is 6.21. The van der Waals surface area contributed by atoms with Crippen molar-refractivity contribution in [2.75, 3.05) is 0 Å². The molecule has 0 bridgehead atoms. The number of oxime groups is 1. The van der Waals surface area contributed by atoms with Crippen LogP contribution in [0.2, 0.25) is 0 Å². The van der Waals surface area contributed by atoms with E-state index in [9.17, 15) is 4.79 Å². The SMILES string of the molecule is Cc1cc(COc2ccc(C3=NOC(C4=C(C(=O)NO)CCC4)C3)cc2)c2ccccc2n1. The molecular weight excluding hydrogens is 418 g/mol. The van der Waals surface area contributed by atoms with Crippen LogP contribution in [0.15, 0.2) is 70.9 Å². The van der Waals surface area contributed by atoms with Crippen molar-refractivity contribution >= 4 is 22.5 Å². The number of aromatic nitrogens is 1. The number of carbonyl (C=O) groups excluding carboxylic acids is 1. The van der Waals surface area contributed by atoms with Crippen molar-refractivity contribution in [3.05, 3.63) is 82.6 Å². The predicted molar refractivity (Wildman–Crippen MR) is 124 cm³/mol. The number of para-hydroxylation sites is 1. The van der Waals surface area contributed by atoms with Crippen molar-refractivity contribution in [2.24, 2.45) is 5.16 Å². The Labute approximate surface area is 191 Å². The van der Waals surface area contributed by atoms with Crippen LogP contribution in [0.1, 0.15) is 42.5 Å². The molecule has 0 saturated heterocycles. The fourth-order valence-corrected chi connectivity index (χ4v) is 4.60. The number of nitrogens with one attached hydrogen (secondary N) is 1. The molecule has 168 valence electrons. The first-order valence-electron chi connectivity index (χ1n) is 11.1. The van der Waals surface area contributed by atoms with Crippen molar-refractivity contribution in [1.82, 2.24) is 10.5 Å². The van der Waals surface area contributed by atoms with E-state index < -0.39 is 5.91 Å². The molecule has 0 saturated carbocycles. The molecule has 0 spiro atoms. The van der Waals surface area contributed by atoms with E-state index in [0.717, 1.165) is 57.6 Å². The lowest BCUT2D eigenvalue weighted by molar-refractivity contribution is -0.125.